The summed E-state index contributed by atoms with van der Waals surface area (Å²) in [6.45, 7) is 2.51. The summed E-state index contributed by atoms with van der Waals surface area (Å²) in [4.78, 5) is 2.38. The van der Waals surface area contributed by atoms with Gasteiger partial charge in [-0.1, -0.05) is 0 Å². The maximum Gasteiger partial charge on any atom is 0.00884 e. The first kappa shape index (κ1) is 14.4. The zero-order chi connectivity index (χ0) is 6.69. The molecule has 1 saturated heterocycles. The van der Waals surface area contributed by atoms with Crippen LogP contribution in [0.15, 0.2) is 0 Å². The van der Waals surface area contributed by atoms with Crippen LogP contribution in [0.3, 0.4) is 0 Å². The lowest BCUT2D eigenvalue weighted by atomic mass is 10.1. The molecule has 0 aromatic carbocycles. The highest BCUT2D eigenvalue weighted by Gasteiger charge is 2.13. The average Bonchev–Trinajstić information content (AvgIpc) is 1.90. The van der Waals surface area contributed by atoms with E-state index in [0.717, 1.165) is 6.04 Å². The Labute approximate surface area is 90.3 Å². The molecule has 1 rings (SSSR count). The lowest BCUT2D eigenvalue weighted by molar-refractivity contribution is 0.240. The molecule has 1 heterocycles. The van der Waals surface area contributed by atoms with Crippen molar-refractivity contribution in [2.24, 2.45) is 0 Å². The van der Waals surface area contributed by atoms with E-state index < -0.39 is 0 Å². The third-order valence-corrected chi connectivity index (χ3v) is 2.13. The van der Waals surface area contributed by atoms with Gasteiger partial charge in [-0.2, -0.15) is 0 Å². The first-order valence-electron chi connectivity index (χ1n) is 3.68. The lowest BCUT2D eigenvalue weighted by Gasteiger charge is -2.28. The van der Waals surface area contributed by atoms with Crippen molar-refractivity contribution < 1.29 is 0 Å². The molecule has 0 spiro atoms. The zero-order valence-corrected chi connectivity index (χ0v) is 10.6. The summed E-state index contributed by atoms with van der Waals surface area (Å²) in [5, 5.41) is 3.30. The highest BCUT2D eigenvalue weighted by molar-refractivity contribution is 8.93. The van der Waals surface area contributed by atoms with Crippen LogP contribution in [0.2, 0.25) is 0 Å². The fourth-order valence-corrected chi connectivity index (χ4v) is 1.30. The summed E-state index contributed by atoms with van der Waals surface area (Å²) in [5.74, 6) is 0. The quantitative estimate of drug-likeness (QED) is 0.786. The fraction of sp³-hybridized carbons (Fsp3) is 1.00. The Morgan fingerprint density at radius 2 is 1.64 bits per heavy atom. The van der Waals surface area contributed by atoms with Crippen molar-refractivity contribution in [3.8, 4) is 0 Å². The van der Waals surface area contributed by atoms with Crippen molar-refractivity contribution >= 4 is 34.0 Å². The van der Waals surface area contributed by atoms with Crippen LogP contribution in [0.5, 0.6) is 0 Å². The molecule has 0 radical (unpaired) electrons. The largest absolute Gasteiger partial charge is 0.317 e. The second-order valence-electron chi connectivity index (χ2n) is 2.87. The number of nitrogens with zero attached hydrogens (tertiary/aromatic N) is 1. The van der Waals surface area contributed by atoms with Crippen molar-refractivity contribution in [3.63, 3.8) is 0 Å². The van der Waals surface area contributed by atoms with Crippen LogP contribution in [0, 0.1) is 0 Å². The van der Waals surface area contributed by atoms with Gasteiger partial charge >= 0.3 is 0 Å². The minimum atomic E-state index is 0. The monoisotopic (exact) mass is 288 g/mol. The Bertz CT molecular complexity index is 82.5. The van der Waals surface area contributed by atoms with Gasteiger partial charge < -0.3 is 10.2 Å². The summed E-state index contributed by atoms with van der Waals surface area (Å²) in [6, 6.07) is 0.779. The first-order chi connectivity index (χ1) is 4.33. The van der Waals surface area contributed by atoms with Crippen molar-refractivity contribution in [2.75, 3.05) is 27.2 Å². The van der Waals surface area contributed by atoms with Crippen LogP contribution in [0.25, 0.3) is 0 Å². The second-order valence-corrected chi connectivity index (χ2v) is 2.87. The number of hydrogen-bond donors (Lipinski definition) is 1. The topological polar surface area (TPSA) is 15.3 Å². The number of likely N-dealkylation sites (tertiary alicyclic amines) is 1. The number of piperidine rings is 1. The number of nitrogens with one attached hydrogen (secondary N) is 1. The van der Waals surface area contributed by atoms with E-state index in [4.69, 9.17) is 0 Å². The minimum Gasteiger partial charge on any atom is -0.317 e. The van der Waals surface area contributed by atoms with Crippen LogP contribution in [-0.2, 0) is 0 Å². The number of hydrogen-bond acceptors (Lipinski definition) is 2. The smallest absolute Gasteiger partial charge is 0.00884 e. The third kappa shape index (κ3) is 5.17. The number of rotatable bonds is 1. The van der Waals surface area contributed by atoms with Crippen molar-refractivity contribution in [2.45, 2.75) is 18.9 Å². The van der Waals surface area contributed by atoms with Crippen LogP contribution in [0.1, 0.15) is 12.8 Å². The molecular formula is C7H18Br2N2. The number of halogens is 2. The van der Waals surface area contributed by atoms with E-state index in [-0.39, 0.29) is 34.0 Å². The molecule has 70 valence electrons. The van der Waals surface area contributed by atoms with Crippen LogP contribution in [-0.4, -0.2) is 38.1 Å². The van der Waals surface area contributed by atoms with Gasteiger partial charge in [0.15, 0.2) is 0 Å². The maximum absolute atomic E-state index is 3.30. The summed E-state index contributed by atoms with van der Waals surface area (Å²) in [7, 11) is 4.24. The summed E-state index contributed by atoms with van der Waals surface area (Å²) in [6.07, 6.45) is 2.62. The molecule has 1 N–H and O–H groups in total. The molecule has 0 saturated carbocycles. The SMILES string of the molecule is Br.Br.CNC1CCN(C)CC1. The fourth-order valence-electron chi connectivity index (χ4n) is 1.30. The van der Waals surface area contributed by atoms with Gasteiger partial charge in [-0.15, -0.1) is 34.0 Å². The summed E-state index contributed by atoms with van der Waals surface area (Å²) in [5.41, 5.74) is 0. The molecule has 0 atom stereocenters. The molecule has 1 aliphatic rings. The van der Waals surface area contributed by atoms with Gasteiger partial charge in [0.1, 0.15) is 0 Å². The Hall–Kier alpha value is 0.880. The lowest BCUT2D eigenvalue weighted by Crippen LogP contribution is -2.39. The van der Waals surface area contributed by atoms with E-state index in [0.29, 0.717) is 0 Å². The van der Waals surface area contributed by atoms with Gasteiger partial charge in [-0.3, -0.25) is 0 Å². The Morgan fingerprint density at radius 1 is 1.18 bits per heavy atom. The van der Waals surface area contributed by atoms with Crippen molar-refractivity contribution in [1.82, 2.24) is 10.2 Å². The molecule has 2 nitrogen and oxygen atoms in total. The van der Waals surface area contributed by atoms with E-state index in [9.17, 15) is 0 Å². The third-order valence-electron chi connectivity index (χ3n) is 2.13. The van der Waals surface area contributed by atoms with Gasteiger partial charge in [0.25, 0.3) is 0 Å². The van der Waals surface area contributed by atoms with E-state index in [1.807, 2.05) is 0 Å². The van der Waals surface area contributed by atoms with E-state index in [1.54, 1.807) is 0 Å². The van der Waals surface area contributed by atoms with E-state index >= 15 is 0 Å². The van der Waals surface area contributed by atoms with Gasteiger partial charge in [-0.05, 0) is 40.0 Å². The first-order valence-corrected chi connectivity index (χ1v) is 3.68. The second kappa shape index (κ2) is 7.53. The highest BCUT2D eigenvalue weighted by Crippen LogP contribution is 2.06. The molecule has 0 aliphatic carbocycles. The van der Waals surface area contributed by atoms with Gasteiger partial charge in [0.2, 0.25) is 0 Å². The molecule has 0 bridgehead atoms. The summed E-state index contributed by atoms with van der Waals surface area (Å²) < 4.78 is 0. The molecule has 1 aliphatic heterocycles. The van der Waals surface area contributed by atoms with E-state index in [1.165, 1.54) is 25.9 Å². The Balaban J connectivity index is 0. The van der Waals surface area contributed by atoms with Gasteiger partial charge in [0, 0.05) is 6.04 Å². The zero-order valence-electron chi connectivity index (χ0n) is 7.17. The Morgan fingerprint density at radius 3 is 2.00 bits per heavy atom. The molecule has 0 unspecified atom stereocenters. The standard InChI is InChI=1S/C7H16N2.2BrH/c1-8-7-3-5-9(2)6-4-7;;/h7-8H,3-6H2,1-2H3;2*1H. The molecule has 0 aromatic heterocycles. The van der Waals surface area contributed by atoms with Crippen molar-refractivity contribution in [3.05, 3.63) is 0 Å². The normalized spacial score (nSPS) is 20.2. The Kier molecular flexibility index (Phi) is 9.86. The van der Waals surface area contributed by atoms with Crippen LogP contribution in [0.4, 0.5) is 0 Å². The molecule has 0 amide bonds. The van der Waals surface area contributed by atoms with E-state index in [2.05, 4.69) is 24.3 Å². The van der Waals surface area contributed by atoms with Gasteiger partial charge in [0.05, 0.1) is 0 Å². The molecule has 0 aromatic rings. The molecular weight excluding hydrogens is 272 g/mol. The molecule has 1 fully saturated rings. The predicted molar refractivity (Wildman–Crippen MR) is 60.2 cm³/mol. The van der Waals surface area contributed by atoms with Crippen LogP contribution >= 0.6 is 34.0 Å². The highest BCUT2D eigenvalue weighted by atomic mass is 79.9. The molecule has 4 heteroatoms. The van der Waals surface area contributed by atoms with Crippen LogP contribution < -0.4 is 5.32 Å². The minimum absolute atomic E-state index is 0. The molecule has 11 heavy (non-hydrogen) atoms. The summed E-state index contributed by atoms with van der Waals surface area (Å²) >= 11 is 0. The average molecular weight is 290 g/mol. The van der Waals surface area contributed by atoms with Gasteiger partial charge in [-0.25, -0.2) is 0 Å². The maximum atomic E-state index is 3.30. The van der Waals surface area contributed by atoms with Crippen molar-refractivity contribution in [1.29, 1.82) is 0 Å². The predicted octanol–water partition coefficient (Wildman–Crippen LogP) is 1.46.